The van der Waals surface area contributed by atoms with Gasteiger partial charge in [-0.05, 0) is 15.9 Å². The minimum absolute atomic E-state index is 0.278. The summed E-state index contributed by atoms with van der Waals surface area (Å²) >= 11 is 2.66. The highest BCUT2D eigenvalue weighted by atomic mass is 79.9. The molecule has 9 nitrogen and oxygen atoms in total. The molecule has 2 amide bonds. The molecule has 0 aliphatic carbocycles. The molecule has 0 fully saturated rings. The monoisotopic (exact) mass is 414 g/mol. The van der Waals surface area contributed by atoms with Crippen LogP contribution in [0.15, 0.2) is 21.4 Å². The first-order valence-corrected chi connectivity index (χ1v) is 7.18. The van der Waals surface area contributed by atoms with Gasteiger partial charge in [-0.25, -0.2) is 8.78 Å². The Morgan fingerprint density at radius 1 is 1.20 bits per heavy atom. The molecule has 1 aromatic carbocycles. The summed E-state index contributed by atoms with van der Waals surface area (Å²) < 4.78 is 27.1. The largest absolute Gasteiger partial charge is 0.384 e. The third-order valence-corrected chi connectivity index (χ3v) is 4.21. The van der Waals surface area contributed by atoms with Crippen molar-refractivity contribution in [1.82, 2.24) is 9.88 Å². The first-order chi connectivity index (χ1) is 11.6. The first kappa shape index (κ1) is 16.7. The molecule has 0 saturated carbocycles. The average Bonchev–Trinajstić information content (AvgIpc) is 2.80. The number of anilines is 1. The number of hydrogen-bond acceptors (Lipinski definition) is 6. The quantitative estimate of drug-likeness (QED) is 0.328. The summed E-state index contributed by atoms with van der Waals surface area (Å²) in [5.74, 6) is -5.43. The Morgan fingerprint density at radius 2 is 1.84 bits per heavy atom. The highest BCUT2D eigenvalue weighted by molar-refractivity contribution is 9.10. The SMILES string of the molecule is Nc1c2c(cc(=O)n1-c1c([N+](=O)[O-])cc(F)c(F)c1Br)C(=O)NC2=O. The fourth-order valence-corrected chi connectivity index (χ4v) is 3.00. The van der Waals surface area contributed by atoms with E-state index in [1.807, 2.05) is 5.32 Å². The summed E-state index contributed by atoms with van der Waals surface area (Å²) in [5, 5.41) is 13.1. The van der Waals surface area contributed by atoms with Crippen LogP contribution in [0.4, 0.5) is 20.3 Å². The summed E-state index contributed by atoms with van der Waals surface area (Å²) in [6.45, 7) is 0. The number of carbonyl (C=O) groups excluding carboxylic acids is 2. The van der Waals surface area contributed by atoms with E-state index in [-0.39, 0.29) is 11.6 Å². The molecule has 2 aromatic rings. The van der Waals surface area contributed by atoms with Crippen molar-refractivity contribution in [3.05, 3.63) is 59.8 Å². The minimum Gasteiger partial charge on any atom is -0.384 e. The number of pyridine rings is 1. The van der Waals surface area contributed by atoms with Gasteiger partial charge in [-0.1, -0.05) is 0 Å². The first-order valence-electron chi connectivity index (χ1n) is 6.38. The molecule has 2 heterocycles. The summed E-state index contributed by atoms with van der Waals surface area (Å²) in [4.78, 5) is 45.9. The molecule has 1 aliphatic rings. The minimum atomic E-state index is -1.52. The number of nitro groups is 1. The van der Waals surface area contributed by atoms with Crippen molar-refractivity contribution in [2.45, 2.75) is 0 Å². The van der Waals surface area contributed by atoms with Gasteiger partial charge < -0.3 is 5.73 Å². The zero-order valence-electron chi connectivity index (χ0n) is 11.8. The van der Waals surface area contributed by atoms with E-state index in [1.54, 1.807) is 0 Å². The number of nitro benzene ring substituents is 1. The number of carbonyl (C=O) groups is 2. The smallest absolute Gasteiger partial charge is 0.297 e. The Morgan fingerprint density at radius 3 is 2.44 bits per heavy atom. The lowest BCUT2D eigenvalue weighted by Crippen LogP contribution is -2.25. The van der Waals surface area contributed by atoms with Crippen LogP contribution in [0.3, 0.4) is 0 Å². The molecule has 0 bridgehead atoms. The molecule has 0 saturated heterocycles. The topological polar surface area (TPSA) is 137 Å². The summed E-state index contributed by atoms with van der Waals surface area (Å²) in [6, 6.07) is 1.00. The lowest BCUT2D eigenvalue weighted by Gasteiger charge is -2.14. The van der Waals surface area contributed by atoms with Crippen LogP contribution in [0, 0.1) is 21.7 Å². The van der Waals surface area contributed by atoms with E-state index in [1.165, 1.54) is 0 Å². The lowest BCUT2D eigenvalue weighted by molar-refractivity contribution is -0.384. The second-order valence-electron chi connectivity index (χ2n) is 4.89. The maximum atomic E-state index is 13.9. The molecule has 25 heavy (non-hydrogen) atoms. The normalized spacial score (nSPS) is 12.9. The maximum Gasteiger partial charge on any atom is 0.297 e. The van der Waals surface area contributed by atoms with Crippen molar-refractivity contribution in [2.24, 2.45) is 0 Å². The summed E-state index contributed by atoms with van der Waals surface area (Å²) in [6.07, 6.45) is 0. The van der Waals surface area contributed by atoms with Gasteiger partial charge in [-0.3, -0.25) is 34.4 Å². The van der Waals surface area contributed by atoms with Gasteiger partial charge in [0.05, 0.1) is 26.6 Å². The molecule has 0 atom stereocenters. The van der Waals surface area contributed by atoms with Gasteiger partial charge in [0.15, 0.2) is 11.6 Å². The van der Waals surface area contributed by atoms with Crippen molar-refractivity contribution in [3.8, 4) is 5.69 Å². The van der Waals surface area contributed by atoms with Crippen LogP contribution >= 0.6 is 15.9 Å². The Kier molecular flexibility index (Phi) is 3.64. The molecule has 1 aromatic heterocycles. The van der Waals surface area contributed by atoms with Crippen molar-refractivity contribution in [1.29, 1.82) is 0 Å². The van der Waals surface area contributed by atoms with E-state index >= 15 is 0 Å². The number of nitrogens with one attached hydrogen (secondary N) is 1. The predicted molar refractivity (Wildman–Crippen MR) is 82.5 cm³/mol. The predicted octanol–water partition coefficient (Wildman–Crippen LogP) is 1.25. The van der Waals surface area contributed by atoms with Crippen LogP contribution in [-0.2, 0) is 0 Å². The van der Waals surface area contributed by atoms with Gasteiger partial charge in [-0.15, -0.1) is 0 Å². The molecule has 0 unspecified atom stereocenters. The fourth-order valence-electron chi connectivity index (χ4n) is 2.43. The number of fused-ring (bicyclic) bond motifs is 1. The molecular weight excluding hydrogens is 410 g/mol. The number of nitrogens with two attached hydrogens (primary N) is 1. The number of aromatic nitrogens is 1. The van der Waals surface area contributed by atoms with Gasteiger partial charge >= 0.3 is 0 Å². The van der Waals surface area contributed by atoms with Crippen LogP contribution in [-0.4, -0.2) is 21.3 Å². The summed E-state index contributed by atoms with van der Waals surface area (Å²) in [7, 11) is 0. The maximum absolute atomic E-state index is 13.9. The summed E-state index contributed by atoms with van der Waals surface area (Å²) in [5.41, 5.74) is 2.31. The van der Waals surface area contributed by atoms with Crippen molar-refractivity contribution < 1.29 is 23.3 Å². The van der Waals surface area contributed by atoms with Crippen molar-refractivity contribution in [2.75, 3.05) is 5.73 Å². The molecule has 12 heteroatoms. The highest BCUT2D eigenvalue weighted by Gasteiger charge is 2.34. The Hall–Kier alpha value is -3.15. The van der Waals surface area contributed by atoms with E-state index in [4.69, 9.17) is 5.73 Å². The van der Waals surface area contributed by atoms with Gasteiger partial charge in [0.2, 0.25) is 0 Å². The Balaban J connectivity index is 2.48. The van der Waals surface area contributed by atoms with E-state index < -0.39 is 61.2 Å². The van der Waals surface area contributed by atoms with Crippen LogP contribution in [0.25, 0.3) is 5.69 Å². The number of imide groups is 1. The molecule has 128 valence electrons. The van der Waals surface area contributed by atoms with E-state index in [0.29, 0.717) is 4.57 Å². The third-order valence-electron chi connectivity index (χ3n) is 3.49. The number of halogens is 3. The fraction of sp³-hybridized carbons (Fsp3) is 0. The number of nitrogen functional groups attached to an aromatic ring is 1. The van der Waals surface area contributed by atoms with E-state index in [2.05, 4.69) is 15.9 Å². The molecular formula is C13H5BrF2N4O5. The second-order valence-corrected chi connectivity index (χ2v) is 5.68. The van der Waals surface area contributed by atoms with Crippen LogP contribution < -0.4 is 16.6 Å². The van der Waals surface area contributed by atoms with E-state index in [0.717, 1.165) is 6.07 Å². The molecule has 0 spiro atoms. The molecule has 3 N–H and O–H groups in total. The third kappa shape index (κ3) is 2.29. The average molecular weight is 415 g/mol. The zero-order chi connectivity index (χ0) is 18.6. The zero-order valence-corrected chi connectivity index (χ0v) is 13.4. The molecule has 3 rings (SSSR count). The molecule has 1 aliphatic heterocycles. The second kappa shape index (κ2) is 5.44. The number of nitrogens with zero attached hydrogens (tertiary/aromatic N) is 2. The highest BCUT2D eigenvalue weighted by Crippen LogP contribution is 2.36. The van der Waals surface area contributed by atoms with Gasteiger partial charge in [-0.2, -0.15) is 0 Å². The Bertz CT molecular complexity index is 1070. The number of benzene rings is 1. The lowest BCUT2D eigenvalue weighted by atomic mass is 10.1. The van der Waals surface area contributed by atoms with Crippen LogP contribution in [0.2, 0.25) is 0 Å². The standard InChI is InChI=1S/C13H5BrF2N4O5/c14-8-9(16)4(15)2-5(20(24)25)10(8)19-6(21)1-3-7(11(19)17)13(23)18-12(3)22/h1-2H,17H2,(H,18,22,23). The van der Waals surface area contributed by atoms with Gasteiger partial charge in [0.25, 0.3) is 23.1 Å². The molecule has 0 radical (unpaired) electrons. The van der Waals surface area contributed by atoms with Gasteiger partial charge in [0.1, 0.15) is 11.5 Å². The van der Waals surface area contributed by atoms with Gasteiger partial charge in [0, 0.05) is 6.07 Å². The number of amides is 2. The van der Waals surface area contributed by atoms with Crippen molar-refractivity contribution >= 4 is 39.2 Å². The van der Waals surface area contributed by atoms with E-state index in [9.17, 15) is 33.3 Å². The number of rotatable bonds is 2. The van der Waals surface area contributed by atoms with Crippen LogP contribution in [0.1, 0.15) is 20.7 Å². The van der Waals surface area contributed by atoms with Crippen molar-refractivity contribution in [3.63, 3.8) is 0 Å². The van der Waals surface area contributed by atoms with Crippen LogP contribution in [0.5, 0.6) is 0 Å². The number of hydrogen-bond donors (Lipinski definition) is 2. The Labute approximate surface area is 144 Å².